The van der Waals surface area contributed by atoms with Crippen molar-refractivity contribution in [1.29, 1.82) is 0 Å². The van der Waals surface area contributed by atoms with Crippen molar-refractivity contribution < 1.29 is 17.9 Å². The van der Waals surface area contributed by atoms with Gasteiger partial charge in [-0.05, 0) is 38.1 Å². The Morgan fingerprint density at radius 2 is 1.62 bits per heavy atom. The van der Waals surface area contributed by atoms with Gasteiger partial charge in [0.15, 0.2) is 0 Å². The maximum Gasteiger partial charge on any atom is 0.254 e. The van der Waals surface area contributed by atoms with Crippen molar-refractivity contribution in [1.82, 2.24) is 9.21 Å². The first-order valence-corrected chi connectivity index (χ1v) is 9.78. The molecule has 134 valence electrons. The quantitative estimate of drug-likeness (QED) is 0.811. The first kappa shape index (κ1) is 18.9. The number of carbonyl (C=O) groups excluding carboxylic acids is 1. The van der Waals surface area contributed by atoms with Gasteiger partial charge in [0.1, 0.15) is 0 Å². The van der Waals surface area contributed by atoms with Gasteiger partial charge in [0, 0.05) is 31.7 Å². The number of amides is 1. The Labute approximate surface area is 144 Å². The molecule has 1 saturated heterocycles. The van der Waals surface area contributed by atoms with E-state index in [2.05, 4.69) is 0 Å². The summed E-state index contributed by atoms with van der Waals surface area (Å²) in [7, 11) is -3.50. The summed E-state index contributed by atoms with van der Waals surface area (Å²) in [5.74, 6) is -0.0937. The summed E-state index contributed by atoms with van der Waals surface area (Å²) < 4.78 is 32.0. The molecule has 0 saturated carbocycles. The minimum atomic E-state index is -3.50. The van der Waals surface area contributed by atoms with Crippen LogP contribution in [-0.2, 0) is 14.8 Å². The summed E-state index contributed by atoms with van der Waals surface area (Å²) >= 11 is 0. The van der Waals surface area contributed by atoms with E-state index in [1.165, 1.54) is 16.4 Å². The summed E-state index contributed by atoms with van der Waals surface area (Å²) in [4.78, 5) is 14.6. The fourth-order valence-corrected chi connectivity index (χ4v) is 4.47. The van der Waals surface area contributed by atoms with Crippen LogP contribution in [-0.4, -0.2) is 61.9 Å². The monoisotopic (exact) mass is 354 g/mol. The number of sulfonamides is 1. The number of nitrogens with zero attached hydrogens (tertiary/aromatic N) is 2. The summed E-state index contributed by atoms with van der Waals surface area (Å²) in [5.41, 5.74) is 0.495. The van der Waals surface area contributed by atoms with E-state index < -0.39 is 10.0 Å². The van der Waals surface area contributed by atoms with E-state index in [0.29, 0.717) is 31.7 Å². The molecule has 0 spiro atoms. The maximum atomic E-state index is 12.6. The molecule has 24 heavy (non-hydrogen) atoms. The molecule has 7 heteroatoms. The molecule has 0 unspecified atom stereocenters. The zero-order valence-corrected chi connectivity index (χ0v) is 15.5. The molecule has 1 aliphatic rings. The molecule has 0 radical (unpaired) electrons. The Kier molecular flexibility index (Phi) is 6.01. The second-order valence-electron chi connectivity index (χ2n) is 6.08. The molecule has 0 aliphatic carbocycles. The van der Waals surface area contributed by atoms with E-state index in [1.54, 1.807) is 30.9 Å². The van der Waals surface area contributed by atoms with Crippen molar-refractivity contribution in [2.75, 3.05) is 26.2 Å². The van der Waals surface area contributed by atoms with Crippen molar-refractivity contribution in [3.63, 3.8) is 0 Å². The lowest BCUT2D eigenvalue weighted by Crippen LogP contribution is -2.48. The third-order valence-corrected chi connectivity index (χ3v) is 6.22. The number of ether oxygens (including phenoxy) is 1. The highest BCUT2D eigenvalue weighted by Gasteiger charge is 2.27. The molecule has 0 N–H and O–H groups in total. The molecule has 1 heterocycles. The molecule has 1 aromatic carbocycles. The number of hydrogen-bond acceptors (Lipinski definition) is 4. The Morgan fingerprint density at radius 3 is 2.08 bits per heavy atom. The molecule has 2 rings (SSSR count). The van der Waals surface area contributed by atoms with Crippen molar-refractivity contribution in [3.8, 4) is 0 Å². The summed E-state index contributed by atoms with van der Waals surface area (Å²) in [6.45, 7) is 9.42. The Bertz CT molecular complexity index is 658. The lowest BCUT2D eigenvalue weighted by molar-refractivity contribution is -0.0586. The fourth-order valence-electron chi connectivity index (χ4n) is 3.01. The van der Waals surface area contributed by atoms with Gasteiger partial charge in [-0.3, -0.25) is 4.79 Å². The van der Waals surface area contributed by atoms with Crippen LogP contribution < -0.4 is 0 Å². The first-order valence-electron chi connectivity index (χ1n) is 8.34. The number of hydrogen-bond donors (Lipinski definition) is 0. The zero-order valence-electron chi connectivity index (χ0n) is 14.7. The normalized spacial score (nSPS) is 22.0. The van der Waals surface area contributed by atoms with Crippen LogP contribution in [0.4, 0.5) is 0 Å². The lowest BCUT2D eigenvalue weighted by atomic mass is 10.1. The molecule has 0 bridgehead atoms. The molecule has 0 aromatic heterocycles. The molecule has 1 aromatic rings. The van der Waals surface area contributed by atoms with Crippen LogP contribution in [0.15, 0.2) is 29.2 Å². The van der Waals surface area contributed by atoms with Gasteiger partial charge in [-0.2, -0.15) is 4.31 Å². The van der Waals surface area contributed by atoms with Crippen LogP contribution in [0.1, 0.15) is 38.1 Å². The van der Waals surface area contributed by atoms with Crippen LogP contribution in [0.3, 0.4) is 0 Å². The SMILES string of the molecule is CCN(CC)S(=O)(=O)c1ccc(C(=O)N2C[C@@H](C)O[C@@H](C)C2)cc1. The second kappa shape index (κ2) is 7.63. The molecule has 6 nitrogen and oxygen atoms in total. The van der Waals surface area contributed by atoms with Gasteiger partial charge in [-0.1, -0.05) is 13.8 Å². The standard InChI is InChI=1S/C17H26N2O4S/c1-5-19(6-2)24(21,22)16-9-7-15(8-10-16)17(20)18-11-13(3)23-14(4)12-18/h7-10,13-14H,5-6,11-12H2,1-4H3/t13-,14+. The van der Waals surface area contributed by atoms with E-state index in [-0.39, 0.29) is 23.0 Å². The Hall–Kier alpha value is -1.44. The number of rotatable bonds is 5. The van der Waals surface area contributed by atoms with E-state index >= 15 is 0 Å². The molecular weight excluding hydrogens is 328 g/mol. The van der Waals surface area contributed by atoms with Crippen LogP contribution >= 0.6 is 0 Å². The first-order chi connectivity index (χ1) is 11.3. The predicted octanol–water partition coefficient (Wildman–Crippen LogP) is 1.97. The van der Waals surface area contributed by atoms with E-state index in [9.17, 15) is 13.2 Å². The third-order valence-electron chi connectivity index (χ3n) is 4.15. The topological polar surface area (TPSA) is 66.9 Å². The van der Waals surface area contributed by atoms with Crippen molar-refractivity contribution in [2.45, 2.75) is 44.8 Å². The highest BCUT2D eigenvalue weighted by atomic mass is 32.2. The van der Waals surface area contributed by atoms with Crippen LogP contribution in [0.5, 0.6) is 0 Å². The van der Waals surface area contributed by atoms with E-state index in [4.69, 9.17) is 4.74 Å². The predicted molar refractivity (Wildman–Crippen MR) is 92.5 cm³/mol. The number of morpholine rings is 1. The maximum absolute atomic E-state index is 12.6. The van der Waals surface area contributed by atoms with Gasteiger partial charge < -0.3 is 9.64 Å². The van der Waals surface area contributed by atoms with Crippen LogP contribution in [0.2, 0.25) is 0 Å². The molecule has 1 amide bonds. The van der Waals surface area contributed by atoms with Crippen molar-refractivity contribution in [2.24, 2.45) is 0 Å². The highest BCUT2D eigenvalue weighted by Crippen LogP contribution is 2.19. The van der Waals surface area contributed by atoms with E-state index in [1.807, 2.05) is 13.8 Å². The van der Waals surface area contributed by atoms with Gasteiger partial charge in [-0.15, -0.1) is 0 Å². The average Bonchev–Trinajstić information content (AvgIpc) is 2.54. The largest absolute Gasteiger partial charge is 0.372 e. The molecular formula is C17H26N2O4S. The van der Waals surface area contributed by atoms with Crippen LogP contribution in [0, 0.1) is 0 Å². The second-order valence-corrected chi connectivity index (χ2v) is 8.02. The van der Waals surface area contributed by atoms with Gasteiger partial charge in [0.05, 0.1) is 17.1 Å². The molecule has 1 fully saturated rings. The fraction of sp³-hybridized carbons (Fsp3) is 0.588. The Balaban J connectivity index is 2.18. The van der Waals surface area contributed by atoms with Gasteiger partial charge in [0.2, 0.25) is 10.0 Å². The Morgan fingerprint density at radius 1 is 1.12 bits per heavy atom. The smallest absolute Gasteiger partial charge is 0.254 e. The van der Waals surface area contributed by atoms with Crippen molar-refractivity contribution in [3.05, 3.63) is 29.8 Å². The molecule has 1 aliphatic heterocycles. The lowest BCUT2D eigenvalue weighted by Gasteiger charge is -2.35. The van der Waals surface area contributed by atoms with Gasteiger partial charge in [0.25, 0.3) is 5.91 Å². The number of benzene rings is 1. The number of carbonyl (C=O) groups is 1. The zero-order chi connectivity index (χ0) is 17.9. The van der Waals surface area contributed by atoms with Crippen molar-refractivity contribution >= 4 is 15.9 Å². The summed E-state index contributed by atoms with van der Waals surface area (Å²) in [5, 5.41) is 0. The van der Waals surface area contributed by atoms with E-state index in [0.717, 1.165) is 0 Å². The minimum Gasteiger partial charge on any atom is -0.372 e. The summed E-state index contributed by atoms with van der Waals surface area (Å²) in [6.07, 6.45) is 0.0000326. The summed E-state index contributed by atoms with van der Waals surface area (Å²) in [6, 6.07) is 6.19. The highest BCUT2D eigenvalue weighted by molar-refractivity contribution is 7.89. The van der Waals surface area contributed by atoms with Crippen LogP contribution in [0.25, 0.3) is 0 Å². The van der Waals surface area contributed by atoms with Gasteiger partial charge >= 0.3 is 0 Å². The average molecular weight is 354 g/mol. The van der Waals surface area contributed by atoms with Gasteiger partial charge in [-0.25, -0.2) is 8.42 Å². The third kappa shape index (κ3) is 3.96. The minimum absolute atomic E-state index is 0.0000163. The molecule has 2 atom stereocenters.